The Balaban J connectivity index is 1.64. The van der Waals surface area contributed by atoms with Crippen LogP contribution in [0.5, 0.6) is 0 Å². The van der Waals surface area contributed by atoms with E-state index in [1.807, 2.05) is 18.3 Å². The molecule has 1 aliphatic carbocycles. The number of hydrogen-bond donors (Lipinski definition) is 1. The molecule has 1 N–H and O–H groups in total. The summed E-state index contributed by atoms with van der Waals surface area (Å²) in [5, 5.41) is 14.2. The van der Waals surface area contributed by atoms with Crippen LogP contribution in [0, 0.1) is 5.92 Å². The fourth-order valence-electron chi connectivity index (χ4n) is 2.97. The molecule has 0 amide bonds. The third kappa shape index (κ3) is 2.06. The molecule has 2 fully saturated rings. The van der Waals surface area contributed by atoms with Crippen molar-refractivity contribution >= 4 is 16.6 Å². The largest absolute Gasteiger partial charge is 0.376 e. The molecule has 2 heterocycles. The fourth-order valence-corrected chi connectivity index (χ4v) is 2.97. The van der Waals surface area contributed by atoms with Crippen LogP contribution in [-0.4, -0.2) is 29.0 Å². The lowest BCUT2D eigenvalue weighted by atomic mass is 10.1. The lowest BCUT2D eigenvalue weighted by molar-refractivity contribution is 0.0898. The van der Waals surface area contributed by atoms with Crippen LogP contribution in [0.1, 0.15) is 19.3 Å². The summed E-state index contributed by atoms with van der Waals surface area (Å²) in [6.07, 6.45) is 5.85. The van der Waals surface area contributed by atoms with E-state index in [4.69, 9.17) is 4.74 Å². The zero-order valence-electron chi connectivity index (χ0n) is 10.7. The summed E-state index contributed by atoms with van der Waals surface area (Å²) in [7, 11) is 0. The number of nitrogens with one attached hydrogen (secondary N) is 1. The summed E-state index contributed by atoms with van der Waals surface area (Å²) in [5.41, 5.74) is 0. The van der Waals surface area contributed by atoms with E-state index in [1.165, 1.54) is 12.8 Å². The maximum absolute atomic E-state index is 5.86. The second kappa shape index (κ2) is 4.46. The number of anilines is 1. The molecule has 1 aromatic carbocycles. The van der Waals surface area contributed by atoms with Gasteiger partial charge in [-0.25, -0.2) is 0 Å². The molecule has 1 saturated carbocycles. The van der Waals surface area contributed by atoms with Gasteiger partial charge in [0, 0.05) is 17.4 Å². The SMILES string of the molecule is c1ccc2c(NC3CCOC3C3CC3)nncc2c1. The van der Waals surface area contributed by atoms with E-state index in [2.05, 4.69) is 27.6 Å². The second-order valence-corrected chi connectivity index (χ2v) is 5.49. The average molecular weight is 255 g/mol. The summed E-state index contributed by atoms with van der Waals surface area (Å²) in [6.45, 7) is 0.858. The van der Waals surface area contributed by atoms with Crippen molar-refractivity contribution in [1.82, 2.24) is 10.2 Å². The van der Waals surface area contributed by atoms with Gasteiger partial charge in [-0.3, -0.25) is 0 Å². The molecule has 1 aliphatic heterocycles. The summed E-state index contributed by atoms with van der Waals surface area (Å²) in [6, 6.07) is 8.61. The molecule has 19 heavy (non-hydrogen) atoms. The Labute approximate surface area is 112 Å². The highest BCUT2D eigenvalue weighted by Gasteiger charge is 2.40. The van der Waals surface area contributed by atoms with Crippen molar-refractivity contribution in [2.75, 3.05) is 11.9 Å². The highest BCUT2D eigenvalue weighted by molar-refractivity contribution is 5.90. The van der Waals surface area contributed by atoms with E-state index in [1.54, 1.807) is 0 Å². The minimum atomic E-state index is 0.362. The molecule has 2 aliphatic rings. The van der Waals surface area contributed by atoms with E-state index in [0.29, 0.717) is 12.1 Å². The highest BCUT2D eigenvalue weighted by Crippen LogP contribution is 2.39. The molecule has 4 heteroatoms. The lowest BCUT2D eigenvalue weighted by Crippen LogP contribution is -2.31. The Hall–Kier alpha value is -1.68. The molecule has 2 atom stereocenters. The number of rotatable bonds is 3. The van der Waals surface area contributed by atoms with Crippen molar-refractivity contribution in [3.63, 3.8) is 0 Å². The van der Waals surface area contributed by atoms with Gasteiger partial charge in [-0.2, -0.15) is 5.10 Å². The van der Waals surface area contributed by atoms with Crippen LogP contribution in [-0.2, 0) is 4.74 Å². The topological polar surface area (TPSA) is 47.0 Å². The van der Waals surface area contributed by atoms with Crippen molar-refractivity contribution < 1.29 is 4.74 Å². The predicted octanol–water partition coefficient (Wildman–Crippen LogP) is 2.61. The van der Waals surface area contributed by atoms with Gasteiger partial charge < -0.3 is 10.1 Å². The second-order valence-electron chi connectivity index (χ2n) is 5.49. The fraction of sp³-hybridized carbons (Fsp3) is 0.467. The maximum atomic E-state index is 5.86. The molecule has 1 aromatic heterocycles. The Kier molecular flexibility index (Phi) is 2.62. The Bertz CT molecular complexity index is 591. The predicted molar refractivity (Wildman–Crippen MR) is 74.0 cm³/mol. The van der Waals surface area contributed by atoms with E-state index in [0.717, 1.165) is 35.5 Å². The van der Waals surface area contributed by atoms with Gasteiger partial charge in [-0.1, -0.05) is 24.3 Å². The molecule has 0 spiro atoms. The molecule has 2 unspecified atom stereocenters. The Morgan fingerprint density at radius 2 is 2.05 bits per heavy atom. The van der Waals surface area contributed by atoms with Gasteiger partial charge in [0.25, 0.3) is 0 Å². The quantitative estimate of drug-likeness (QED) is 0.915. The van der Waals surface area contributed by atoms with Gasteiger partial charge in [-0.15, -0.1) is 5.10 Å². The van der Waals surface area contributed by atoms with Gasteiger partial charge in [0.1, 0.15) is 0 Å². The van der Waals surface area contributed by atoms with Crippen LogP contribution in [0.2, 0.25) is 0 Å². The molecule has 4 nitrogen and oxygen atoms in total. The summed E-state index contributed by atoms with van der Waals surface area (Å²) < 4.78 is 5.86. The first-order valence-corrected chi connectivity index (χ1v) is 7.00. The summed E-state index contributed by atoms with van der Waals surface area (Å²) in [4.78, 5) is 0. The molecular weight excluding hydrogens is 238 g/mol. The number of ether oxygens (including phenoxy) is 1. The lowest BCUT2D eigenvalue weighted by Gasteiger charge is -2.20. The first kappa shape index (κ1) is 11.2. The van der Waals surface area contributed by atoms with E-state index >= 15 is 0 Å². The molecule has 2 aromatic rings. The average Bonchev–Trinajstić information content (AvgIpc) is 3.20. The normalized spacial score (nSPS) is 26.7. The smallest absolute Gasteiger partial charge is 0.156 e. The molecule has 98 valence electrons. The molecule has 1 saturated heterocycles. The van der Waals surface area contributed by atoms with Crippen LogP contribution in [0.3, 0.4) is 0 Å². The minimum absolute atomic E-state index is 0.362. The number of nitrogens with zero attached hydrogens (tertiary/aromatic N) is 2. The summed E-state index contributed by atoms with van der Waals surface area (Å²) >= 11 is 0. The maximum Gasteiger partial charge on any atom is 0.156 e. The number of benzene rings is 1. The van der Waals surface area contributed by atoms with Gasteiger partial charge in [0.15, 0.2) is 5.82 Å². The Morgan fingerprint density at radius 1 is 1.16 bits per heavy atom. The third-order valence-corrected chi connectivity index (χ3v) is 4.11. The van der Waals surface area contributed by atoms with Crippen molar-refractivity contribution in [2.45, 2.75) is 31.4 Å². The monoisotopic (exact) mass is 255 g/mol. The third-order valence-electron chi connectivity index (χ3n) is 4.11. The van der Waals surface area contributed by atoms with Gasteiger partial charge in [0.05, 0.1) is 18.3 Å². The standard InChI is InChI=1S/C15H17N3O/c1-2-4-12-11(3-1)9-16-18-15(12)17-13-7-8-19-14(13)10-5-6-10/h1-4,9-10,13-14H,5-8H2,(H,17,18). The molecule has 4 rings (SSSR count). The van der Waals surface area contributed by atoms with Crippen LogP contribution < -0.4 is 5.32 Å². The van der Waals surface area contributed by atoms with Crippen LogP contribution in [0.25, 0.3) is 10.8 Å². The number of hydrogen-bond acceptors (Lipinski definition) is 4. The zero-order chi connectivity index (χ0) is 12.7. The van der Waals surface area contributed by atoms with Crippen LogP contribution in [0.15, 0.2) is 30.5 Å². The van der Waals surface area contributed by atoms with Crippen molar-refractivity contribution in [2.24, 2.45) is 5.92 Å². The van der Waals surface area contributed by atoms with Crippen molar-refractivity contribution in [1.29, 1.82) is 0 Å². The Morgan fingerprint density at radius 3 is 2.95 bits per heavy atom. The van der Waals surface area contributed by atoms with E-state index in [-0.39, 0.29) is 0 Å². The van der Waals surface area contributed by atoms with E-state index < -0.39 is 0 Å². The first-order chi connectivity index (χ1) is 9.42. The van der Waals surface area contributed by atoms with Gasteiger partial charge >= 0.3 is 0 Å². The number of fused-ring (bicyclic) bond motifs is 1. The summed E-state index contributed by atoms with van der Waals surface area (Å²) in [5.74, 6) is 1.64. The molecular formula is C15H17N3O. The number of aromatic nitrogens is 2. The highest BCUT2D eigenvalue weighted by atomic mass is 16.5. The first-order valence-electron chi connectivity index (χ1n) is 7.00. The van der Waals surface area contributed by atoms with Crippen LogP contribution >= 0.6 is 0 Å². The molecule has 0 bridgehead atoms. The molecule has 0 radical (unpaired) electrons. The van der Waals surface area contributed by atoms with Gasteiger partial charge in [-0.05, 0) is 25.2 Å². The van der Waals surface area contributed by atoms with Crippen molar-refractivity contribution in [3.8, 4) is 0 Å². The van der Waals surface area contributed by atoms with E-state index in [9.17, 15) is 0 Å². The minimum Gasteiger partial charge on any atom is -0.376 e. The van der Waals surface area contributed by atoms with Crippen LogP contribution in [0.4, 0.5) is 5.82 Å². The van der Waals surface area contributed by atoms with Crippen molar-refractivity contribution in [3.05, 3.63) is 30.5 Å². The van der Waals surface area contributed by atoms with Gasteiger partial charge in [0.2, 0.25) is 0 Å². The zero-order valence-corrected chi connectivity index (χ0v) is 10.7.